The molecular weight excluding hydrogens is 404 g/mol. The van der Waals surface area contributed by atoms with Gasteiger partial charge in [-0.2, -0.15) is 4.98 Å². The van der Waals surface area contributed by atoms with Gasteiger partial charge in [0.25, 0.3) is 5.91 Å². The number of aryl methyl sites for hydroxylation is 2. The molecule has 2 heterocycles. The normalized spacial score (nSPS) is 10.6. The summed E-state index contributed by atoms with van der Waals surface area (Å²) in [5.41, 5.74) is 2.23. The van der Waals surface area contributed by atoms with E-state index in [1.54, 1.807) is 42.6 Å². The van der Waals surface area contributed by atoms with Gasteiger partial charge in [0.05, 0.1) is 0 Å². The molecule has 162 valence electrons. The highest BCUT2D eigenvalue weighted by molar-refractivity contribution is 6.04. The van der Waals surface area contributed by atoms with Gasteiger partial charge in [0.2, 0.25) is 5.88 Å². The number of nitrogens with zero attached hydrogens (tertiary/aromatic N) is 5. The van der Waals surface area contributed by atoms with E-state index in [1.807, 2.05) is 61.8 Å². The van der Waals surface area contributed by atoms with Crippen LogP contribution in [0.5, 0.6) is 11.6 Å². The molecule has 8 heteroatoms. The number of aromatic nitrogens is 4. The van der Waals surface area contributed by atoms with E-state index >= 15 is 0 Å². The monoisotopic (exact) mass is 428 g/mol. The van der Waals surface area contributed by atoms with Gasteiger partial charge in [-0.05, 0) is 56.3 Å². The van der Waals surface area contributed by atoms with Crippen LogP contribution >= 0.6 is 0 Å². The number of ether oxygens (including phenoxy) is 1. The lowest BCUT2D eigenvalue weighted by atomic mass is 10.1. The Morgan fingerprint density at radius 3 is 2.50 bits per heavy atom. The van der Waals surface area contributed by atoms with Crippen LogP contribution in [0.15, 0.2) is 67.0 Å². The Bertz CT molecular complexity index is 1250. The molecule has 0 spiro atoms. The van der Waals surface area contributed by atoms with Gasteiger partial charge in [-0.1, -0.05) is 6.07 Å². The molecule has 1 amide bonds. The van der Waals surface area contributed by atoms with Gasteiger partial charge in [0.15, 0.2) is 0 Å². The molecule has 0 aliphatic carbocycles. The SMILES string of the molecule is Cc1nc(Oc2ccc(NC(=O)c3cccc(N(C)C)c3)cc2)cc(-n2ccnc2C)n1. The molecule has 0 saturated heterocycles. The van der Waals surface area contributed by atoms with Gasteiger partial charge in [-0.15, -0.1) is 0 Å². The van der Waals surface area contributed by atoms with Gasteiger partial charge in [0, 0.05) is 49.5 Å². The third-order valence-corrected chi connectivity index (χ3v) is 4.83. The van der Waals surface area contributed by atoms with Crippen molar-refractivity contribution in [3.8, 4) is 17.4 Å². The van der Waals surface area contributed by atoms with E-state index in [-0.39, 0.29) is 5.91 Å². The van der Waals surface area contributed by atoms with Crippen LogP contribution in [0, 0.1) is 13.8 Å². The molecule has 2 aromatic carbocycles. The second-order valence-electron chi connectivity index (χ2n) is 7.48. The van der Waals surface area contributed by atoms with Crippen molar-refractivity contribution in [2.45, 2.75) is 13.8 Å². The first kappa shape index (κ1) is 21.0. The standard InChI is InChI=1S/C24H24N6O2/c1-16-26-22(30-13-12-25-17(30)2)15-23(27-16)32-21-10-8-19(9-11-21)28-24(31)18-6-5-7-20(14-18)29(3)4/h5-15H,1-4H3,(H,28,31). The van der Waals surface area contributed by atoms with Crippen molar-refractivity contribution < 1.29 is 9.53 Å². The molecule has 4 rings (SSSR count). The minimum atomic E-state index is -0.172. The molecule has 0 unspecified atom stereocenters. The Kier molecular flexibility index (Phi) is 5.85. The second kappa shape index (κ2) is 8.89. The highest BCUT2D eigenvalue weighted by atomic mass is 16.5. The van der Waals surface area contributed by atoms with E-state index in [0.29, 0.717) is 34.5 Å². The molecule has 0 aliphatic heterocycles. The number of anilines is 2. The molecule has 1 N–H and O–H groups in total. The lowest BCUT2D eigenvalue weighted by Gasteiger charge is -2.13. The second-order valence-corrected chi connectivity index (χ2v) is 7.48. The zero-order valence-electron chi connectivity index (χ0n) is 18.4. The summed E-state index contributed by atoms with van der Waals surface area (Å²) in [7, 11) is 3.88. The van der Waals surface area contributed by atoms with E-state index < -0.39 is 0 Å². The number of nitrogens with one attached hydrogen (secondary N) is 1. The van der Waals surface area contributed by atoms with Crippen molar-refractivity contribution in [3.05, 3.63) is 84.2 Å². The van der Waals surface area contributed by atoms with Crippen molar-refractivity contribution in [1.82, 2.24) is 19.5 Å². The highest BCUT2D eigenvalue weighted by Gasteiger charge is 2.10. The Morgan fingerprint density at radius 2 is 1.81 bits per heavy atom. The van der Waals surface area contributed by atoms with E-state index in [2.05, 4.69) is 20.3 Å². The van der Waals surface area contributed by atoms with Crippen LogP contribution in [0.4, 0.5) is 11.4 Å². The minimum Gasteiger partial charge on any atom is -0.439 e. The summed E-state index contributed by atoms with van der Waals surface area (Å²) in [6.07, 6.45) is 3.56. The first-order valence-corrected chi connectivity index (χ1v) is 10.1. The fourth-order valence-corrected chi connectivity index (χ4v) is 3.18. The molecule has 4 aromatic rings. The fraction of sp³-hybridized carbons (Fsp3) is 0.167. The van der Waals surface area contributed by atoms with Crippen molar-refractivity contribution in [2.75, 3.05) is 24.3 Å². The molecule has 0 bridgehead atoms. The predicted octanol–water partition coefficient (Wildman–Crippen LogP) is 4.39. The van der Waals surface area contributed by atoms with Crippen LogP contribution < -0.4 is 15.0 Å². The Balaban J connectivity index is 1.47. The molecule has 8 nitrogen and oxygen atoms in total. The first-order valence-electron chi connectivity index (χ1n) is 10.1. The summed E-state index contributed by atoms with van der Waals surface area (Å²) in [4.78, 5) is 27.6. The van der Waals surface area contributed by atoms with E-state index in [0.717, 1.165) is 11.5 Å². The molecule has 0 fully saturated rings. The summed E-state index contributed by atoms with van der Waals surface area (Å²) >= 11 is 0. The fourth-order valence-electron chi connectivity index (χ4n) is 3.18. The molecule has 0 saturated carbocycles. The molecule has 0 aliphatic rings. The van der Waals surface area contributed by atoms with Gasteiger partial charge in [-0.25, -0.2) is 9.97 Å². The summed E-state index contributed by atoms with van der Waals surface area (Å²) < 4.78 is 7.79. The number of hydrogen-bond donors (Lipinski definition) is 1. The summed E-state index contributed by atoms with van der Waals surface area (Å²) in [6, 6.07) is 16.4. The zero-order chi connectivity index (χ0) is 22.7. The summed E-state index contributed by atoms with van der Waals surface area (Å²) in [6.45, 7) is 3.72. The number of carbonyl (C=O) groups excluding carboxylic acids is 1. The van der Waals surface area contributed by atoms with Crippen molar-refractivity contribution >= 4 is 17.3 Å². The van der Waals surface area contributed by atoms with Crippen LogP contribution in [0.25, 0.3) is 5.82 Å². The van der Waals surface area contributed by atoms with E-state index in [4.69, 9.17) is 4.74 Å². The maximum Gasteiger partial charge on any atom is 0.255 e. The van der Waals surface area contributed by atoms with Gasteiger partial charge >= 0.3 is 0 Å². The van der Waals surface area contributed by atoms with Crippen LogP contribution in [0.3, 0.4) is 0 Å². The first-order chi connectivity index (χ1) is 15.4. The van der Waals surface area contributed by atoms with Crippen LogP contribution in [-0.4, -0.2) is 39.5 Å². The maximum atomic E-state index is 12.6. The third-order valence-electron chi connectivity index (χ3n) is 4.83. The number of rotatable bonds is 6. The predicted molar refractivity (Wildman–Crippen MR) is 124 cm³/mol. The topological polar surface area (TPSA) is 85.2 Å². The van der Waals surface area contributed by atoms with Gasteiger partial charge < -0.3 is 15.0 Å². The highest BCUT2D eigenvalue weighted by Crippen LogP contribution is 2.24. The Morgan fingerprint density at radius 1 is 1.03 bits per heavy atom. The van der Waals surface area contributed by atoms with E-state index in [1.165, 1.54) is 0 Å². The Hall–Kier alpha value is -4.20. The minimum absolute atomic E-state index is 0.172. The Labute approximate surface area is 186 Å². The lowest BCUT2D eigenvalue weighted by molar-refractivity contribution is 0.102. The lowest BCUT2D eigenvalue weighted by Crippen LogP contribution is -2.14. The third kappa shape index (κ3) is 4.75. The average molecular weight is 428 g/mol. The van der Waals surface area contributed by atoms with Gasteiger partial charge in [0.1, 0.15) is 23.2 Å². The summed E-state index contributed by atoms with van der Waals surface area (Å²) in [5, 5.41) is 2.91. The maximum absolute atomic E-state index is 12.6. The van der Waals surface area contributed by atoms with Crippen LogP contribution in [0.1, 0.15) is 22.0 Å². The largest absolute Gasteiger partial charge is 0.439 e. The van der Waals surface area contributed by atoms with Gasteiger partial charge in [-0.3, -0.25) is 9.36 Å². The number of benzene rings is 2. The average Bonchev–Trinajstić information content (AvgIpc) is 3.20. The summed E-state index contributed by atoms with van der Waals surface area (Å²) in [5.74, 6) is 2.96. The molecule has 32 heavy (non-hydrogen) atoms. The molecule has 0 atom stereocenters. The zero-order valence-corrected chi connectivity index (χ0v) is 18.4. The number of hydrogen-bond acceptors (Lipinski definition) is 6. The van der Waals surface area contributed by atoms with Crippen molar-refractivity contribution in [2.24, 2.45) is 0 Å². The smallest absolute Gasteiger partial charge is 0.255 e. The molecule has 2 aromatic heterocycles. The number of amides is 1. The number of imidazole rings is 1. The van der Waals surface area contributed by atoms with Crippen LogP contribution in [0.2, 0.25) is 0 Å². The van der Waals surface area contributed by atoms with Crippen molar-refractivity contribution in [3.63, 3.8) is 0 Å². The van der Waals surface area contributed by atoms with Crippen LogP contribution in [-0.2, 0) is 0 Å². The van der Waals surface area contributed by atoms with E-state index in [9.17, 15) is 4.79 Å². The molecular formula is C24H24N6O2. The molecule has 0 radical (unpaired) electrons. The van der Waals surface area contributed by atoms with Crippen molar-refractivity contribution in [1.29, 1.82) is 0 Å². The quantitative estimate of drug-likeness (QED) is 0.490. The number of carbonyl (C=O) groups is 1.